The Morgan fingerprint density at radius 3 is 2.63 bits per heavy atom. The van der Waals surface area contributed by atoms with Gasteiger partial charge in [0.1, 0.15) is 5.76 Å². The van der Waals surface area contributed by atoms with Crippen LogP contribution in [-0.4, -0.2) is 38.4 Å². The number of carbonyl (C=O) groups excluding carboxylic acids is 1. The van der Waals surface area contributed by atoms with E-state index in [1.165, 1.54) is 12.1 Å². The minimum Gasteiger partial charge on any atom is -0.464 e. The summed E-state index contributed by atoms with van der Waals surface area (Å²) < 4.78 is 33.5. The Labute approximate surface area is 180 Å². The number of carbonyl (C=O) groups is 1. The summed E-state index contributed by atoms with van der Waals surface area (Å²) in [5.41, 5.74) is 1.37. The maximum Gasteiger partial charge on any atom is 0.253 e. The van der Waals surface area contributed by atoms with Gasteiger partial charge in [0.2, 0.25) is 10.0 Å². The van der Waals surface area contributed by atoms with Crippen LogP contribution in [0.25, 0.3) is 11.3 Å². The Bertz CT molecular complexity index is 1130. The van der Waals surface area contributed by atoms with E-state index < -0.39 is 10.0 Å². The molecule has 156 valence electrons. The van der Waals surface area contributed by atoms with Gasteiger partial charge in [-0.2, -0.15) is 0 Å². The lowest BCUT2D eigenvalue weighted by atomic mass is 10.0. The summed E-state index contributed by atoms with van der Waals surface area (Å²) in [5, 5.41) is 0.472. The van der Waals surface area contributed by atoms with E-state index in [-0.39, 0.29) is 16.8 Å². The van der Waals surface area contributed by atoms with E-state index in [1.54, 1.807) is 41.5 Å². The van der Waals surface area contributed by atoms with Crippen molar-refractivity contribution in [2.45, 2.75) is 23.8 Å². The largest absolute Gasteiger partial charge is 0.464 e. The molecule has 1 saturated heterocycles. The lowest BCUT2D eigenvalue weighted by molar-refractivity contribution is 0.0703. The van der Waals surface area contributed by atoms with Crippen molar-refractivity contribution in [3.8, 4) is 11.3 Å². The number of amides is 1. The van der Waals surface area contributed by atoms with E-state index in [4.69, 9.17) is 16.0 Å². The van der Waals surface area contributed by atoms with Crippen molar-refractivity contribution in [1.29, 1.82) is 0 Å². The highest BCUT2D eigenvalue weighted by Gasteiger charge is 2.28. The zero-order chi connectivity index (χ0) is 21.1. The van der Waals surface area contributed by atoms with Gasteiger partial charge in [0.05, 0.1) is 11.2 Å². The molecule has 1 aromatic heterocycles. The Balaban J connectivity index is 1.47. The van der Waals surface area contributed by atoms with Crippen LogP contribution >= 0.6 is 11.6 Å². The van der Waals surface area contributed by atoms with Gasteiger partial charge < -0.3 is 9.32 Å². The first kappa shape index (κ1) is 20.7. The number of piperidine rings is 1. The summed E-state index contributed by atoms with van der Waals surface area (Å²) in [6.45, 7) is 0.902. The molecule has 4 rings (SSSR count). The molecule has 0 aliphatic carbocycles. The Kier molecular flexibility index (Phi) is 5.94. The lowest BCUT2D eigenvalue weighted by Gasteiger charge is -2.33. The van der Waals surface area contributed by atoms with Gasteiger partial charge in [-0.15, -0.1) is 0 Å². The molecule has 0 spiro atoms. The molecule has 0 bridgehead atoms. The standard InChI is InChI=1S/C22H21ClN2O4S/c23-18-8-10-20(11-9-18)30(27,28)24-19-6-2-12-25(15-19)22(26)17-5-1-4-16(14-17)21-7-3-13-29-21/h1,3-5,7-11,13-14,19,24H,2,6,12,15H2. The number of nitrogens with zero attached hydrogens (tertiary/aromatic N) is 1. The highest BCUT2D eigenvalue weighted by atomic mass is 35.5. The molecule has 2 aromatic carbocycles. The van der Waals surface area contributed by atoms with E-state index in [2.05, 4.69) is 4.72 Å². The van der Waals surface area contributed by atoms with E-state index in [0.29, 0.717) is 35.9 Å². The fraction of sp³-hybridized carbons (Fsp3) is 0.227. The molecule has 1 fully saturated rings. The maximum absolute atomic E-state index is 13.0. The molecule has 1 N–H and O–H groups in total. The molecule has 1 unspecified atom stereocenters. The fourth-order valence-corrected chi connectivity index (χ4v) is 4.98. The molecule has 0 saturated carbocycles. The predicted molar refractivity (Wildman–Crippen MR) is 115 cm³/mol. The number of likely N-dealkylation sites (tertiary alicyclic amines) is 1. The number of benzene rings is 2. The van der Waals surface area contributed by atoms with Gasteiger partial charge in [-0.05, 0) is 61.4 Å². The topological polar surface area (TPSA) is 79.6 Å². The minimum atomic E-state index is -3.69. The third kappa shape index (κ3) is 4.59. The molecule has 1 aliphatic rings. The average Bonchev–Trinajstić information content (AvgIpc) is 3.28. The maximum atomic E-state index is 13.0. The number of furan rings is 1. The fourth-order valence-electron chi connectivity index (χ4n) is 3.59. The van der Waals surface area contributed by atoms with Crippen molar-refractivity contribution in [2.75, 3.05) is 13.1 Å². The first-order chi connectivity index (χ1) is 14.4. The number of sulfonamides is 1. The minimum absolute atomic E-state index is 0.126. The van der Waals surface area contributed by atoms with Crippen LogP contribution in [0.2, 0.25) is 5.02 Å². The molecule has 2 heterocycles. The van der Waals surface area contributed by atoms with Crippen LogP contribution < -0.4 is 4.72 Å². The Morgan fingerprint density at radius 1 is 1.10 bits per heavy atom. The molecule has 6 nitrogen and oxygen atoms in total. The van der Waals surface area contributed by atoms with Gasteiger partial charge in [0.15, 0.2) is 0 Å². The molecule has 1 atom stereocenters. The number of hydrogen-bond donors (Lipinski definition) is 1. The van der Waals surface area contributed by atoms with Crippen molar-refractivity contribution in [1.82, 2.24) is 9.62 Å². The average molecular weight is 445 g/mol. The highest BCUT2D eigenvalue weighted by Crippen LogP contribution is 2.23. The van der Waals surface area contributed by atoms with Crippen LogP contribution in [0.4, 0.5) is 0 Å². The van der Waals surface area contributed by atoms with Crippen LogP contribution in [0.3, 0.4) is 0 Å². The summed E-state index contributed by atoms with van der Waals surface area (Å²) in [6, 6.07) is 16.6. The first-order valence-corrected chi connectivity index (χ1v) is 11.5. The summed E-state index contributed by atoms with van der Waals surface area (Å²) in [7, 11) is -3.69. The molecule has 30 heavy (non-hydrogen) atoms. The van der Waals surface area contributed by atoms with Gasteiger partial charge in [-0.1, -0.05) is 23.7 Å². The molecule has 1 amide bonds. The molecule has 0 radical (unpaired) electrons. The van der Waals surface area contributed by atoms with Crippen LogP contribution in [0.15, 0.2) is 76.2 Å². The monoisotopic (exact) mass is 444 g/mol. The normalized spacial score (nSPS) is 17.1. The second-order valence-electron chi connectivity index (χ2n) is 7.22. The number of nitrogens with one attached hydrogen (secondary N) is 1. The Hall–Kier alpha value is -2.61. The summed E-state index contributed by atoms with van der Waals surface area (Å²) in [4.78, 5) is 14.9. The van der Waals surface area contributed by atoms with E-state index in [0.717, 1.165) is 12.0 Å². The third-order valence-corrected chi connectivity index (χ3v) is 6.86. The zero-order valence-electron chi connectivity index (χ0n) is 16.1. The first-order valence-electron chi connectivity index (χ1n) is 9.63. The van der Waals surface area contributed by atoms with Crippen molar-refractivity contribution in [3.63, 3.8) is 0 Å². The molecular weight excluding hydrogens is 424 g/mol. The lowest BCUT2D eigenvalue weighted by Crippen LogP contribution is -2.49. The van der Waals surface area contributed by atoms with Crippen molar-refractivity contribution >= 4 is 27.5 Å². The van der Waals surface area contributed by atoms with Crippen molar-refractivity contribution in [2.24, 2.45) is 0 Å². The van der Waals surface area contributed by atoms with Crippen LogP contribution in [0, 0.1) is 0 Å². The van der Waals surface area contributed by atoms with Crippen LogP contribution in [-0.2, 0) is 10.0 Å². The van der Waals surface area contributed by atoms with Gasteiger partial charge in [0.25, 0.3) is 5.91 Å². The van der Waals surface area contributed by atoms with Crippen molar-refractivity contribution < 1.29 is 17.6 Å². The second-order valence-corrected chi connectivity index (χ2v) is 9.37. The summed E-state index contributed by atoms with van der Waals surface area (Å²) in [5.74, 6) is 0.565. The van der Waals surface area contributed by atoms with Gasteiger partial charge >= 0.3 is 0 Å². The van der Waals surface area contributed by atoms with Crippen LogP contribution in [0.1, 0.15) is 23.2 Å². The SMILES string of the molecule is O=C(c1cccc(-c2ccco2)c1)N1CCCC(NS(=O)(=O)c2ccc(Cl)cc2)C1. The highest BCUT2D eigenvalue weighted by molar-refractivity contribution is 7.89. The third-order valence-electron chi connectivity index (χ3n) is 5.07. The number of hydrogen-bond acceptors (Lipinski definition) is 4. The predicted octanol–water partition coefficient (Wildman–Crippen LogP) is 4.18. The molecule has 3 aromatic rings. The van der Waals surface area contributed by atoms with Gasteiger partial charge in [-0.3, -0.25) is 4.79 Å². The van der Waals surface area contributed by atoms with Crippen molar-refractivity contribution in [3.05, 3.63) is 77.5 Å². The Morgan fingerprint density at radius 2 is 1.90 bits per heavy atom. The van der Waals surface area contributed by atoms with E-state index in [9.17, 15) is 13.2 Å². The summed E-state index contributed by atoms with van der Waals surface area (Å²) >= 11 is 5.84. The van der Waals surface area contributed by atoms with Gasteiger partial charge in [-0.25, -0.2) is 13.1 Å². The van der Waals surface area contributed by atoms with E-state index in [1.807, 2.05) is 18.2 Å². The number of halogens is 1. The molecule has 8 heteroatoms. The molecular formula is C22H21ClN2O4S. The quantitative estimate of drug-likeness (QED) is 0.640. The smallest absolute Gasteiger partial charge is 0.253 e. The van der Waals surface area contributed by atoms with E-state index >= 15 is 0 Å². The summed E-state index contributed by atoms with van der Waals surface area (Å²) in [6.07, 6.45) is 2.98. The zero-order valence-corrected chi connectivity index (χ0v) is 17.7. The van der Waals surface area contributed by atoms with Crippen LogP contribution in [0.5, 0.6) is 0 Å². The molecule has 1 aliphatic heterocycles. The number of rotatable bonds is 5. The second kappa shape index (κ2) is 8.63. The van der Waals surface area contributed by atoms with Gasteiger partial charge in [0, 0.05) is 35.3 Å².